The van der Waals surface area contributed by atoms with Crippen LogP contribution in [0.15, 0.2) is 35.9 Å². The molecule has 1 aliphatic heterocycles. The van der Waals surface area contributed by atoms with Crippen LogP contribution >= 0.6 is 0 Å². The van der Waals surface area contributed by atoms with Gasteiger partial charge in [0, 0.05) is 38.4 Å². The Kier molecular flexibility index (Phi) is 6.59. The third kappa shape index (κ3) is 5.58. The third-order valence-corrected chi connectivity index (χ3v) is 5.77. The molecule has 3 rings (SSSR count). The van der Waals surface area contributed by atoms with E-state index in [4.69, 9.17) is 0 Å². The lowest BCUT2D eigenvalue weighted by atomic mass is 9.86. The maximum atomic E-state index is 12.7. The van der Waals surface area contributed by atoms with Crippen molar-refractivity contribution in [2.45, 2.75) is 58.3 Å². The number of nitrogens with one attached hydrogen (secondary N) is 1. The lowest BCUT2D eigenvalue weighted by molar-refractivity contribution is 0.148. The third-order valence-electron chi connectivity index (χ3n) is 5.77. The molecule has 0 atom stereocenters. The fourth-order valence-electron chi connectivity index (χ4n) is 4.05. The minimum Gasteiger partial charge on any atom is -0.322 e. The minimum atomic E-state index is 0.0103. The highest BCUT2D eigenvalue weighted by Gasteiger charge is 2.23. The second-order valence-electron chi connectivity index (χ2n) is 8.91. The molecule has 1 heterocycles. The van der Waals surface area contributed by atoms with E-state index in [2.05, 4.69) is 43.1 Å². The average molecular weight is 370 g/mol. The van der Waals surface area contributed by atoms with Crippen molar-refractivity contribution in [3.05, 3.63) is 41.5 Å². The van der Waals surface area contributed by atoms with E-state index in [1.54, 1.807) is 5.57 Å². The van der Waals surface area contributed by atoms with Crippen LogP contribution in [0.4, 0.5) is 10.5 Å². The van der Waals surface area contributed by atoms with Gasteiger partial charge >= 0.3 is 6.03 Å². The summed E-state index contributed by atoms with van der Waals surface area (Å²) in [6.45, 7) is 11.2. The number of carbonyl (C=O) groups is 1. The van der Waals surface area contributed by atoms with Gasteiger partial charge in [-0.2, -0.15) is 0 Å². The molecule has 2 aliphatic rings. The lowest BCUT2D eigenvalue weighted by Crippen LogP contribution is -2.50. The van der Waals surface area contributed by atoms with Gasteiger partial charge in [-0.05, 0) is 49.1 Å². The summed E-state index contributed by atoms with van der Waals surface area (Å²) in [5.41, 5.74) is 3.76. The predicted octanol–water partition coefficient (Wildman–Crippen LogP) is 5.02. The maximum Gasteiger partial charge on any atom is 0.321 e. The van der Waals surface area contributed by atoms with Gasteiger partial charge in [0.2, 0.25) is 0 Å². The van der Waals surface area contributed by atoms with Gasteiger partial charge in [-0.15, -0.1) is 0 Å². The van der Waals surface area contributed by atoms with Gasteiger partial charge in [0.25, 0.3) is 0 Å². The van der Waals surface area contributed by atoms with Crippen LogP contribution in [0.25, 0.3) is 0 Å². The zero-order valence-corrected chi connectivity index (χ0v) is 17.3. The van der Waals surface area contributed by atoms with E-state index < -0.39 is 0 Å². The van der Waals surface area contributed by atoms with Crippen molar-refractivity contribution < 1.29 is 4.79 Å². The van der Waals surface area contributed by atoms with E-state index >= 15 is 0 Å². The van der Waals surface area contributed by atoms with E-state index in [-0.39, 0.29) is 11.4 Å². The maximum absolute atomic E-state index is 12.7. The van der Waals surface area contributed by atoms with Crippen LogP contribution in [0, 0.1) is 0 Å². The first kappa shape index (κ1) is 19.9. The number of carbonyl (C=O) groups excluding carboxylic acids is 1. The number of nitrogens with zero attached hydrogens (tertiary/aromatic N) is 2. The Hall–Kier alpha value is -1.81. The molecule has 1 fully saturated rings. The van der Waals surface area contributed by atoms with Crippen molar-refractivity contribution in [3.8, 4) is 0 Å². The van der Waals surface area contributed by atoms with Gasteiger partial charge in [0.05, 0.1) is 0 Å². The van der Waals surface area contributed by atoms with Crippen molar-refractivity contribution in [1.82, 2.24) is 9.80 Å². The number of benzene rings is 1. The molecule has 0 aromatic heterocycles. The van der Waals surface area contributed by atoms with Crippen molar-refractivity contribution in [2.24, 2.45) is 0 Å². The molecule has 148 valence electrons. The van der Waals surface area contributed by atoms with Crippen LogP contribution in [0.1, 0.15) is 58.4 Å². The molecule has 1 aromatic carbocycles. The Morgan fingerprint density at radius 3 is 2.48 bits per heavy atom. The van der Waals surface area contributed by atoms with Crippen LogP contribution in [0.3, 0.4) is 0 Å². The smallest absolute Gasteiger partial charge is 0.321 e. The molecular weight excluding hydrogens is 334 g/mol. The molecule has 0 unspecified atom stereocenters. The number of piperazine rings is 1. The van der Waals surface area contributed by atoms with E-state index in [0.29, 0.717) is 0 Å². The number of anilines is 1. The number of amides is 2. The molecule has 1 aliphatic carbocycles. The summed E-state index contributed by atoms with van der Waals surface area (Å²) in [7, 11) is 0. The van der Waals surface area contributed by atoms with Gasteiger partial charge in [-0.1, -0.05) is 50.6 Å². The first-order valence-electron chi connectivity index (χ1n) is 10.5. The Bertz CT molecular complexity index is 666. The van der Waals surface area contributed by atoms with Crippen LogP contribution < -0.4 is 5.32 Å². The van der Waals surface area contributed by atoms with Crippen LogP contribution in [0.2, 0.25) is 0 Å². The molecule has 1 saturated heterocycles. The van der Waals surface area contributed by atoms with Crippen LogP contribution in [0.5, 0.6) is 0 Å². The van der Waals surface area contributed by atoms with E-state index in [0.717, 1.165) is 38.4 Å². The van der Waals surface area contributed by atoms with E-state index in [9.17, 15) is 4.79 Å². The summed E-state index contributed by atoms with van der Waals surface area (Å²) < 4.78 is 0. The van der Waals surface area contributed by atoms with Gasteiger partial charge in [-0.25, -0.2) is 4.79 Å². The molecule has 0 spiro atoms. The zero-order valence-electron chi connectivity index (χ0n) is 17.3. The lowest BCUT2D eigenvalue weighted by Gasteiger charge is -2.35. The van der Waals surface area contributed by atoms with Gasteiger partial charge < -0.3 is 10.2 Å². The van der Waals surface area contributed by atoms with E-state index in [1.165, 1.54) is 37.7 Å². The van der Waals surface area contributed by atoms with E-state index in [1.807, 2.05) is 23.1 Å². The Balaban J connectivity index is 1.48. The summed E-state index contributed by atoms with van der Waals surface area (Å²) in [6.07, 6.45) is 8.91. The first-order valence-corrected chi connectivity index (χ1v) is 10.5. The second kappa shape index (κ2) is 8.92. The molecule has 2 amide bonds. The van der Waals surface area contributed by atoms with Gasteiger partial charge in [-0.3, -0.25) is 4.90 Å². The van der Waals surface area contributed by atoms with Crippen molar-refractivity contribution >= 4 is 11.7 Å². The molecule has 1 aromatic rings. The number of urea groups is 1. The molecular formula is C23H35N3O. The molecule has 4 heteroatoms. The van der Waals surface area contributed by atoms with Gasteiger partial charge in [0.15, 0.2) is 0 Å². The summed E-state index contributed by atoms with van der Waals surface area (Å²) in [6, 6.07) is 8.17. The monoisotopic (exact) mass is 369 g/mol. The quantitative estimate of drug-likeness (QED) is 0.756. The van der Waals surface area contributed by atoms with Crippen LogP contribution in [-0.4, -0.2) is 48.6 Å². The fraction of sp³-hybridized carbons (Fsp3) is 0.609. The normalized spacial score (nSPS) is 18.9. The minimum absolute atomic E-state index is 0.0103. The molecule has 4 nitrogen and oxygen atoms in total. The highest BCUT2D eigenvalue weighted by molar-refractivity contribution is 5.90. The number of hydrogen-bond donors (Lipinski definition) is 1. The topological polar surface area (TPSA) is 35.6 Å². The largest absolute Gasteiger partial charge is 0.322 e. The van der Waals surface area contributed by atoms with Crippen molar-refractivity contribution in [3.63, 3.8) is 0 Å². The number of allylic oxidation sites excluding steroid dienone is 1. The summed E-state index contributed by atoms with van der Waals surface area (Å²) >= 11 is 0. The van der Waals surface area contributed by atoms with Crippen molar-refractivity contribution in [2.75, 3.05) is 38.0 Å². The first-order chi connectivity index (χ1) is 12.9. The highest BCUT2D eigenvalue weighted by Crippen LogP contribution is 2.29. The SMILES string of the molecule is CC(C)(C)c1ccccc1NC(=O)N1CCN(CCC2=CCCCC2)CC1. The molecule has 0 radical (unpaired) electrons. The number of para-hydroxylation sites is 1. The summed E-state index contributed by atoms with van der Waals surface area (Å²) in [5, 5.41) is 3.14. The Morgan fingerprint density at radius 1 is 1.07 bits per heavy atom. The second-order valence-corrected chi connectivity index (χ2v) is 8.91. The Morgan fingerprint density at radius 2 is 1.81 bits per heavy atom. The number of hydrogen-bond acceptors (Lipinski definition) is 2. The molecule has 27 heavy (non-hydrogen) atoms. The standard InChI is InChI=1S/C23H35N3O/c1-23(2,3)20-11-7-8-12-21(20)24-22(27)26-17-15-25(16-18-26)14-13-19-9-5-4-6-10-19/h7-9,11-12H,4-6,10,13-18H2,1-3H3,(H,24,27). The average Bonchev–Trinajstić information content (AvgIpc) is 2.67. The van der Waals surface area contributed by atoms with Crippen LogP contribution in [-0.2, 0) is 5.41 Å². The summed E-state index contributed by atoms with van der Waals surface area (Å²) in [5.74, 6) is 0. The molecule has 0 saturated carbocycles. The number of rotatable bonds is 4. The Labute approximate surface area is 164 Å². The predicted molar refractivity (Wildman–Crippen MR) is 113 cm³/mol. The fourth-order valence-corrected chi connectivity index (χ4v) is 4.05. The van der Waals surface area contributed by atoms with Gasteiger partial charge in [0.1, 0.15) is 0 Å². The molecule has 0 bridgehead atoms. The summed E-state index contributed by atoms with van der Waals surface area (Å²) in [4.78, 5) is 17.2. The zero-order chi connectivity index (χ0) is 19.3. The highest BCUT2D eigenvalue weighted by atomic mass is 16.2. The molecule has 1 N–H and O–H groups in total. The van der Waals surface area contributed by atoms with Crippen molar-refractivity contribution in [1.29, 1.82) is 0 Å².